The Morgan fingerprint density at radius 3 is 2.78 bits per heavy atom. The second-order valence-corrected chi connectivity index (χ2v) is 4.75. The lowest BCUT2D eigenvalue weighted by Gasteiger charge is -2.30. The Morgan fingerprint density at radius 2 is 2.17 bits per heavy atom. The van der Waals surface area contributed by atoms with Crippen molar-refractivity contribution in [3.05, 3.63) is 23.6 Å². The summed E-state index contributed by atoms with van der Waals surface area (Å²) in [6, 6.07) is 1.44. The fourth-order valence-electron chi connectivity index (χ4n) is 2.17. The first-order valence-electron chi connectivity index (χ1n) is 6.25. The van der Waals surface area contributed by atoms with Gasteiger partial charge in [0.1, 0.15) is 0 Å². The SMILES string of the molecule is CNc1nccc(C(=O)N2CCC(C)CC2)c1F. The smallest absolute Gasteiger partial charge is 0.257 e. The molecule has 0 aromatic carbocycles. The molecule has 1 aliphatic heterocycles. The van der Waals surface area contributed by atoms with Crippen molar-refractivity contribution in [3.8, 4) is 0 Å². The first kappa shape index (κ1) is 12.8. The van der Waals surface area contributed by atoms with Gasteiger partial charge in [-0.05, 0) is 24.8 Å². The number of likely N-dealkylation sites (tertiary alicyclic amines) is 1. The average Bonchev–Trinajstić information content (AvgIpc) is 2.39. The Morgan fingerprint density at radius 1 is 1.50 bits per heavy atom. The van der Waals surface area contributed by atoms with Crippen molar-refractivity contribution in [2.45, 2.75) is 19.8 Å². The largest absolute Gasteiger partial charge is 0.371 e. The molecule has 0 unspecified atom stereocenters. The maximum atomic E-state index is 14.0. The number of nitrogens with one attached hydrogen (secondary N) is 1. The summed E-state index contributed by atoms with van der Waals surface area (Å²) in [4.78, 5) is 17.8. The van der Waals surface area contributed by atoms with Gasteiger partial charge in [0.05, 0.1) is 5.56 Å². The molecule has 98 valence electrons. The fourth-order valence-corrected chi connectivity index (χ4v) is 2.17. The second-order valence-electron chi connectivity index (χ2n) is 4.75. The number of hydrogen-bond donors (Lipinski definition) is 1. The van der Waals surface area contributed by atoms with Crippen LogP contribution >= 0.6 is 0 Å². The molecule has 0 aliphatic carbocycles. The van der Waals surface area contributed by atoms with Crippen LogP contribution in [-0.2, 0) is 0 Å². The highest BCUT2D eigenvalue weighted by Crippen LogP contribution is 2.21. The first-order valence-corrected chi connectivity index (χ1v) is 6.25. The first-order chi connectivity index (χ1) is 8.63. The zero-order chi connectivity index (χ0) is 13.1. The van der Waals surface area contributed by atoms with E-state index in [9.17, 15) is 9.18 Å². The van der Waals surface area contributed by atoms with E-state index in [0.717, 1.165) is 12.8 Å². The van der Waals surface area contributed by atoms with Crippen LogP contribution in [0.4, 0.5) is 10.2 Å². The molecule has 0 spiro atoms. The van der Waals surface area contributed by atoms with Gasteiger partial charge in [-0.1, -0.05) is 6.92 Å². The summed E-state index contributed by atoms with van der Waals surface area (Å²) in [5, 5.41) is 2.64. The van der Waals surface area contributed by atoms with Gasteiger partial charge in [0.15, 0.2) is 11.6 Å². The van der Waals surface area contributed by atoms with Crippen molar-refractivity contribution in [2.75, 3.05) is 25.5 Å². The fraction of sp³-hybridized carbons (Fsp3) is 0.538. The minimum atomic E-state index is -0.566. The summed E-state index contributed by atoms with van der Waals surface area (Å²) >= 11 is 0. The molecule has 1 N–H and O–H groups in total. The summed E-state index contributed by atoms with van der Waals surface area (Å²) in [7, 11) is 1.59. The van der Waals surface area contributed by atoms with Gasteiger partial charge >= 0.3 is 0 Å². The zero-order valence-electron chi connectivity index (χ0n) is 10.7. The number of carbonyl (C=O) groups excluding carboxylic acids is 1. The van der Waals surface area contributed by atoms with Crippen molar-refractivity contribution < 1.29 is 9.18 Å². The third-order valence-corrected chi connectivity index (χ3v) is 3.43. The molecule has 5 heteroatoms. The van der Waals surface area contributed by atoms with Crippen molar-refractivity contribution in [2.24, 2.45) is 5.92 Å². The molecule has 2 rings (SSSR count). The van der Waals surface area contributed by atoms with Crippen LogP contribution in [0, 0.1) is 11.7 Å². The lowest BCUT2D eigenvalue weighted by molar-refractivity contribution is 0.0692. The number of anilines is 1. The van der Waals surface area contributed by atoms with Gasteiger partial charge < -0.3 is 10.2 Å². The maximum absolute atomic E-state index is 14.0. The summed E-state index contributed by atoms with van der Waals surface area (Å²) in [6.07, 6.45) is 3.42. The predicted octanol–water partition coefficient (Wildman–Crippen LogP) is 2.13. The number of hydrogen-bond acceptors (Lipinski definition) is 3. The molecule has 1 fully saturated rings. The molecule has 0 saturated carbocycles. The van der Waals surface area contributed by atoms with Crippen molar-refractivity contribution in [1.82, 2.24) is 9.88 Å². The number of amides is 1. The summed E-state index contributed by atoms with van der Waals surface area (Å²) in [5.41, 5.74) is 0.101. The number of halogens is 1. The van der Waals surface area contributed by atoms with Crippen molar-refractivity contribution >= 4 is 11.7 Å². The van der Waals surface area contributed by atoms with Crippen LogP contribution in [0.5, 0.6) is 0 Å². The average molecular weight is 251 g/mol. The number of carbonyl (C=O) groups is 1. The van der Waals surface area contributed by atoms with Crippen molar-refractivity contribution in [3.63, 3.8) is 0 Å². The molecule has 18 heavy (non-hydrogen) atoms. The highest BCUT2D eigenvalue weighted by molar-refractivity contribution is 5.95. The highest BCUT2D eigenvalue weighted by Gasteiger charge is 2.24. The van der Waals surface area contributed by atoms with Gasteiger partial charge in [-0.2, -0.15) is 0 Å². The van der Waals surface area contributed by atoms with Gasteiger partial charge in [0.25, 0.3) is 5.91 Å². The van der Waals surface area contributed by atoms with E-state index in [-0.39, 0.29) is 17.3 Å². The second kappa shape index (κ2) is 5.33. The van der Waals surface area contributed by atoms with E-state index in [1.807, 2.05) is 0 Å². The maximum Gasteiger partial charge on any atom is 0.257 e. The molecule has 1 aromatic rings. The molecule has 4 nitrogen and oxygen atoms in total. The van der Waals surface area contributed by atoms with Crippen LogP contribution in [0.1, 0.15) is 30.1 Å². The Kier molecular flexibility index (Phi) is 3.79. The van der Waals surface area contributed by atoms with E-state index < -0.39 is 5.82 Å². The number of rotatable bonds is 2. The van der Waals surface area contributed by atoms with E-state index >= 15 is 0 Å². The predicted molar refractivity (Wildman–Crippen MR) is 68.0 cm³/mol. The Labute approximate surface area is 106 Å². The van der Waals surface area contributed by atoms with Crippen LogP contribution in [0.3, 0.4) is 0 Å². The van der Waals surface area contributed by atoms with Crippen molar-refractivity contribution in [1.29, 1.82) is 0 Å². The van der Waals surface area contributed by atoms with Crippen LogP contribution in [0.15, 0.2) is 12.3 Å². The summed E-state index contributed by atoms with van der Waals surface area (Å²) in [5.74, 6) is -0.0441. The van der Waals surface area contributed by atoms with Crippen LogP contribution in [-0.4, -0.2) is 35.9 Å². The van der Waals surface area contributed by atoms with E-state index in [2.05, 4.69) is 17.2 Å². The lowest BCUT2D eigenvalue weighted by atomic mass is 9.98. The molecule has 0 atom stereocenters. The number of nitrogens with zero attached hydrogens (tertiary/aromatic N) is 2. The monoisotopic (exact) mass is 251 g/mol. The molecule has 2 heterocycles. The summed E-state index contributed by atoms with van der Waals surface area (Å²) in [6.45, 7) is 3.58. The van der Waals surface area contributed by atoms with Crippen LogP contribution < -0.4 is 5.32 Å². The van der Waals surface area contributed by atoms with E-state index in [4.69, 9.17) is 0 Å². The number of piperidine rings is 1. The molecule has 1 amide bonds. The molecule has 1 aromatic heterocycles. The Balaban J connectivity index is 2.18. The third-order valence-electron chi connectivity index (χ3n) is 3.43. The molecular weight excluding hydrogens is 233 g/mol. The molecule has 0 bridgehead atoms. The number of pyridine rings is 1. The van der Waals surface area contributed by atoms with Gasteiger partial charge in [-0.3, -0.25) is 4.79 Å². The molecule has 1 aliphatic rings. The topological polar surface area (TPSA) is 45.2 Å². The lowest BCUT2D eigenvalue weighted by Crippen LogP contribution is -2.38. The normalized spacial score (nSPS) is 16.7. The Hall–Kier alpha value is -1.65. The highest BCUT2D eigenvalue weighted by atomic mass is 19.1. The quantitative estimate of drug-likeness (QED) is 0.875. The zero-order valence-corrected chi connectivity index (χ0v) is 10.7. The van der Waals surface area contributed by atoms with Gasteiger partial charge in [-0.25, -0.2) is 9.37 Å². The van der Waals surface area contributed by atoms with E-state index in [1.54, 1.807) is 11.9 Å². The van der Waals surface area contributed by atoms with Crippen LogP contribution in [0.25, 0.3) is 0 Å². The third kappa shape index (κ3) is 2.44. The van der Waals surface area contributed by atoms with E-state index in [1.165, 1.54) is 12.3 Å². The minimum Gasteiger partial charge on any atom is -0.371 e. The van der Waals surface area contributed by atoms with Gasteiger partial charge in [0.2, 0.25) is 0 Å². The minimum absolute atomic E-state index is 0.101. The molecular formula is C13H18FN3O. The molecule has 1 saturated heterocycles. The van der Waals surface area contributed by atoms with E-state index in [0.29, 0.717) is 19.0 Å². The summed E-state index contributed by atoms with van der Waals surface area (Å²) < 4.78 is 14.0. The molecule has 0 radical (unpaired) electrons. The van der Waals surface area contributed by atoms with Gasteiger partial charge in [0, 0.05) is 26.3 Å². The Bertz CT molecular complexity index is 442. The standard InChI is InChI=1S/C13H18FN3O/c1-9-4-7-17(8-5-9)13(18)10-3-6-16-12(15-2)11(10)14/h3,6,9H,4-5,7-8H2,1-2H3,(H,15,16). The number of aromatic nitrogens is 1. The van der Waals surface area contributed by atoms with Gasteiger partial charge in [-0.15, -0.1) is 0 Å². The van der Waals surface area contributed by atoms with Crippen LogP contribution in [0.2, 0.25) is 0 Å².